The minimum Gasteiger partial charge on any atom is -0.389 e. The average molecular weight is 259 g/mol. The predicted octanol–water partition coefficient (Wildman–Crippen LogP) is 3.96. The molecular weight excluding hydrogens is 241 g/mol. The van der Waals surface area contributed by atoms with Crippen molar-refractivity contribution < 1.29 is 9.50 Å². The van der Waals surface area contributed by atoms with Crippen LogP contribution >= 0.6 is 0 Å². The fraction of sp³-hybridized carbons (Fsp3) is 0.250. The van der Waals surface area contributed by atoms with Gasteiger partial charge < -0.3 is 10.0 Å². The highest BCUT2D eigenvalue weighted by Gasteiger charge is 2.16. The van der Waals surface area contributed by atoms with Crippen molar-refractivity contribution in [3.63, 3.8) is 0 Å². The summed E-state index contributed by atoms with van der Waals surface area (Å²) >= 11 is 0. The van der Waals surface area contributed by atoms with Crippen molar-refractivity contribution in [1.82, 2.24) is 0 Å². The van der Waals surface area contributed by atoms with Crippen LogP contribution in [0, 0.1) is 12.7 Å². The Morgan fingerprint density at radius 3 is 2.32 bits per heavy atom. The van der Waals surface area contributed by atoms with Gasteiger partial charge in [-0.25, -0.2) is 4.39 Å². The second-order valence-corrected chi connectivity index (χ2v) is 4.74. The minimum atomic E-state index is -0.843. The summed E-state index contributed by atoms with van der Waals surface area (Å²) in [5, 5.41) is 9.76. The molecule has 0 heterocycles. The van der Waals surface area contributed by atoms with Gasteiger partial charge in [0.15, 0.2) is 0 Å². The smallest absolute Gasteiger partial charge is 0.131 e. The summed E-state index contributed by atoms with van der Waals surface area (Å²) in [6, 6.07) is 12.8. The van der Waals surface area contributed by atoms with Crippen LogP contribution in [-0.2, 0) is 0 Å². The number of aliphatic hydroxyl groups excluding tert-OH is 1. The van der Waals surface area contributed by atoms with Gasteiger partial charge in [-0.05, 0) is 38.1 Å². The van der Waals surface area contributed by atoms with Crippen molar-refractivity contribution in [2.45, 2.75) is 20.0 Å². The van der Waals surface area contributed by atoms with E-state index in [1.165, 1.54) is 11.6 Å². The fourth-order valence-corrected chi connectivity index (χ4v) is 2.14. The summed E-state index contributed by atoms with van der Waals surface area (Å²) in [5.41, 5.74) is 3.13. The second kappa shape index (κ2) is 5.41. The van der Waals surface area contributed by atoms with Gasteiger partial charge in [0.2, 0.25) is 0 Å². The van der Waals surface area contributed by atoms with Crippen molar-refractivity contribution >= 4 is 11.4 Å². The first-order valence-corrected chi connectivity index (χ1v) is 6.27. The van der Waals surface area contributed by atoms with Crippen LogP contribution in [0.4, 0.5) is 15.8 Å². The molecule has 3 heteroatoms. The average Bonchev–Trinajstić information content (AvgIpc) is 2.38. The van der Waals surface area contributed by atoms with E-state index >= 15 is 0 Å². The number of rotatable bonds is 3. The first kappa shape index (κ1) is 13.6. The van der Waals surface area contributed by atoms with Gasteiger partial charge in [0, 0.05) is 24.0 Å². The maximum Gasteiger partial charge on any atom is 0.131 e. The summed E-state index contributed by atoms with van der Waals surface area (Å²) < 4.78 is 13.9. The molecule has 0 saturated heterocycles. The highest BCUT2D eigenvalue weighted by molar-refractivity contribution is 5.66. The van der Waals surface area contributed by atoms with Crippen molar-refractivity contribution in [1.29, 1.82) is 0 Å². The Kier molecular flexibility index (Phi) is 3.86. The highest BCUT2D eigenvalue weighted by Crippen LogP contribution is 2.32. The molecule has 0 fully saturated rings. The molecule has 100 valence electrons. The van der Waals surface area contributed by atoms with Gasteiger partial charge in [-0.15, -0.1) is 0 Å². The molecule has 0 saturated carbocycles. The van der Waals surface area contributed by atoms with Gasteiger partial charge >= 0.3 is 0 Å². The van der Waals surface area contributed by atoms with Gasteiger partial charge in [-0.1, -0.05) is 23.8 Å². The van der Waals surface area contributed by atoms with Crippen LogP contribution in [-0.4, -0.2) is 12.2 Å². The van der Waals surface area contributed by atoms with Crippen LogP contribution in [0.5, 0.6) is 0 Å². The molecule has 0 aliphatic rings. The summed E-state index contributed by atoms with van der Waals surface area (Å²) in [6.07, 6.45) is -0.843. The molecule has 2 aromatic carbocycles. The van der Waals surface area contributed by atoms with Gasteiger partial charge in [0.05, 0.1) is 6.10 Å². The van der Waals surface area contributed by atoms with Crippen molar-refractivity contribution in [3.05, 3.63) is 59.4 Å². The lowest BCUT2D eigenvalue weighted by atomic mass is 10.1. The molecule has 2 aromatic rings. The second-order valence-electron chi connectivity index (χ2n) is 4.74. The van der Waals surface area contributed by atoms with Crippen LogP contribution in [0.15, 0.2) is 42.5 Å². The van der Waals surface area contributed by atoms with Crippen LogP contribution in [0.25, 0.3) is 0 Å². The Morgan fingerprint density at radius 1 is 1.11 bits per heavy atom. The minimum absolute atomic E-state index is 0.325. The van der Waals surface area contributed by atoms with Gasteiger partial charge in [0.25, 0.3) is 0 Å². The summed E-state index contributed by atoms with van der Waals surface area (Å²) in [4.78, 5) is 1.88. The molecular formula is C16H18FNO. The Balaban J connectivity index is 2.46. The zero-order chi connectivity index (χ0) is 14.0. The SMILES string of the molecule is Cc1ccc(N(C)c2cccc(F)c2[C@H](C)O)cc1. The molecule has 1 atom stereocenters. The zero-order valence-electron chi connectivity index (χ0n) is 11.4. The number of hydrogen-bond donors (Lipinski definition) is 1. The summed E-state index contributed by atoms with van der Waals surface area (Å²) in [5.74, 6) is -0.383. The Morgan fingerprint density at radius 2 is 1.74 bits per heavy atom. The quantitative estimate of drug-likeness (QED) is 0.902. The van der Waals surface area contributed by atoms with Gasteiger partial charge in [-0.2, -0.15) is 0 Å². The molecule has 0 bridgehead atoms. The number of benzene rings is 2. The Hall–Kier alpha value is -1.87. The molecule has 0 aliphatic carbocycles. The number of aliphatic hydroxyl groups is 1. The molecule has 0 unspecified atom stereocenters. The maximum absolute atomic E-state index is 13.9. The molecule has 19 heavy (non-hydrogen) atoms. The van der Waals surface area contributed by atoms with E-state index in [1.54, 1.807) is 13.0 Å². The standard InChI is InChI=1S/C16H18FNO/c1-11-7-9-13(10-8-11)18(3)15-6-4-5-14(17)16(15)12(2)19/h4-10,12,19H,1-3H3/t12-/m0/s1. The largest absolute Gasteiger partial charge is 0.389 e. The normalized spacial score (nSPS) is 12.3. The maximum atomic E-state index is 13.9. The first-order chi connectivity index (χ1) is 9.00. The zero-order valence-corrected chi connectivity index (χ0v) is 11.4. The fourth-order valence-electron chi connectivity index (χ4n) is 2.14. The lowest BCUT2D eigenvalue weighted by molar-refractivity contribution is 0.194. The molecule has 0 spiro atoms. The third-order valence-electron chi connectivity index (χ3n) is 3.23. The van der Waals surface area contributed by atoms with Gasteiger partial charge in [0.1, 0.15) is 5.82 Å². The highest BCUT2D eigenvalue weighted by atomic mass is 19.1. The van der Waals surface area contributed by atoms with Crippen LogP contribution in [0.3, 0.4) is 0 Å². The monoisotopic (exact) mass is 259 g/mol. The number of anilines is 2. The van der Waals surface area contributed by atoms with E-state index in [1.807, 2.05) is 49.2 Å². The molecule has 0 amide bonds. The number of aryl methyl sites for hydroxylation is 1. The van der Waals surface area contributed by atoms with E-state index in [0.29, 0.717) is 11.3 Å². The number of nitrogens with zero attached hydrogens (tertiary/aromatic N) is 1. The van der Waals surface area contributed by atoms with Crippen LogP contribution in [0.1, 0.15) is 24.2 Å². The summed E-state index contributed by atoms with van der Waals surface area (Å²) in [7, 11) is 1.87. The molecule has 0 aliphatic heterocycles. The third kappa shape index (κ3) is 2.76. The first-order valence-electron chi connectivity index (χ1n) is 6.27. The predicted molar refractivity (Wildman–Crippen MR) is 76.3 cm³/mol. The topological polar surface area (TPSA) is 23.5 Å². The van der Waals surface area contributed by atoms with E-state index in [2.05, 4.69) is 0 Å². The van der Waals surface area contributed by atoms with Crippen molar-refractivity contribution in [2.24, 2.45) is 0 Å². The van der Waals surface area contributed by atoms with E-state index in [0.717, 1.165) is 5.69 Å². The molecule has 2 rings (SSSR count). The Labute approximate surface area is 113 Å². The Bertz CT molecular complexity index is 563. The van der Waals surface area contributed by atoms with E-state index in [9.17, 15) is 9.50 Å². The van der Waals surface area contributed by atoms with E-state index < -0.39 is 6.10 Å². The van der Waals surface area contributed by atoms with Crippen LogP contribution < -0.4 is 4.90 Å². The van der Waals surface area contributed by atoms with E-state index in [4.69, 9.17) is 0 Å². The molecule has 0 aromatic heterocycles. The van der Waals surface area contributed by atoms with Crippen molar-refractivity contribution in [3.8, 4) is 0 Å². The lowest BCUT2D eigenvalue weighted by Gasteiger charge is -2.24. The van der Waals surface area contributed by atoms with Crippen molar-refractivity contribution in [2.75, 3.05) is 11.9 Å². The van der Waals surface area contributed by atoms with Gasteiger partial charge in [-0.3, -0.25) is 0 Å². The molecule has 2 nitrogen and oxygen atoms in total. The van der Waals surface area contributed by atoms with Crippen LogP contribution in [0.2, 0.25) is 0 Å². The third-order valence-corrected chi connectivity index (χ3v) is 3.23. The molecule has 0 radical (unpaired) electrons. The summed E-state index contributed by atoms with van der Waals surface area (Å²) in [6.45, 7) is 3.60. The van der Waals surface area contributed by atoms with E-state index in [-0.39, 0.29) is 5.82 Å². The number of halogens is 1. The lowest BCUT2D eigenvalue weighted by Crippen LogP contribution is -2.14. The molecule has 1 N–H and O–H groups in total. The number of hydrogen-bond acceptors (Lipinski definition) is 2.